The first-order valence-electron chi connectivity index (χ1n) is 10.7. The van der Waals surface area contributed by atoms with Gasteiger partial charge in [-0.3, -0.25) is 5.32 Å². The lowest BCUT2D eigenvalue weighted by atomic mass is 9.98. The molecule has 5 nitrogen and oxygen atoms in total. The summed E-state index contributed by atoms with van der Waals surface area (Å²) in [6.07, 6.45) is -0.536. The molecular formula is C28H21NO4. The van der Waals surface area contributed by atoms with E-state index in [0.717, 1.165) is 22.3 Å². The van der Waals surface area contributed by atoms with E-state index >= 15 is 0 Å². The van der Waals surface area contributed by atoms with Crippen LogP contribution in [0.1, 0.15) is 27.4 Å². The molecule has 0 atom stereocenters. The molecule has 0 spiro atoms. The van der Waals surface area contributed by atoms with Gasteiger partial charge in [0.05, 0.1) is 11.3 Å². The van der Waals surface area contributed by atoms with Crippen LogP contribution >= 0.6 is 0 Å². The van der Waals surface area contributed by atoms with Gasteiger partial charge in [0.2, 0.25) is 0 Å². The van der Waals surface area contributed by atoms with Crippen molar-refractivity contribution >= 4 is 17.7 Å². The normalized spacial score (nSPS) is 12.0. The van der Waals surface area contributed by atoms with Crippen molar-refractivity contribution < 1.29 is 19.4 Å². The Morgan fingerprint density at radius 2 is 1.27 bits per heavy atom. The van der Waals surface area contributed by atoms with E-state index < -0.39 is 12.1 Å². The van der Waals surface area contributed by atoms with E-state index in [4.69, 9.17) is 9.84 Å². The molecule has 33 heavy (non-hydrogen) atoms. The lowest BCUT2D eigenvalue weighted by Gasteiger charge is -2.16. The predicted molar refractivity (Wildman–Crippen MR) is 128 cm³/mol. The van der Waals surface area contributed by atoms with Crippen LogP contribution in [0.5, 0.6) is 0 Å². The third-order valence-electron chi connectivity index (χ3n) is 5.95. The molecule has 1 aliphatic rings. The Bertz CT molecular complexity index is 1300. The topological polar surface area (TPSA) is 75.6 Å². The van der Waals surface area contributed by atoms with Gasteiger partial charge in [-0.15, -0.1) is 0 Å². The molecule has 0 fully saturated rings. The second-order valence-corrected chi connectivity index (χ2v) is 7.88. The summed E-state index contributed by atoms with van der Waals surface area (Å²) in [4.78, 5) is 23.8. The van der Waals surface area contributed by atoms with Crippen LogP contribution in [0.2, 0.25) is 0 Å². The van der Waals surface area contributed by atoms with Crippen molar-refractivity contribution in [3.8, 4) is 22.3 Å². The van der Waals surface area contributed by atoms with Crippen LogP contribution in [0, 0.1) is 0 Å². The Morgan fingerprint density at radius 3 is 1.88 bits per heavy atom. The predicted octanol–water partition coefficient (Wildman–Crippen LogP) is 6.41. The zero-order valence-electron chi connectivity index (χ0n) is 17.7. The number of carboxylic acids is 1. The summed E-state index contributed by atoms with van der Waals surface area (Å²) in [6, 6.07) is 30.3. The highest BCUT2D eigenvalue weighted by Gasteiger charge is 2.29. The molecular weight excluding hydrogens is 414 g/mol. The summed E-state index contributed by atoms with van der Waals surface area (Å²) in [7, 11) is 0. The van der Waals surface area contributed by atoms with Crippen molar-refractivity contribution in [1.29, 1.82) is 0 Å². The maximum Gasteiger partial charge on any atom is 0.411 e. The molecule has 0 heterocycles. The van der Waals surface area contributed by atoms with Gasteiger partial charge in [-0.05, 0) is 46.0 Å². The molecule has 162 valence electrons. The van der Waals surface area contributed by atoms with Gasteiger partial charge in [-0.2, -0.15) is 0 Å². The monoisotopic (exact) mass is 435 g/mol. The van der Waals surface area contributed by atoms with Crippen LogP contribution in [0.15, 0.2) is 97.1 Å². The van der Waals surface area contributed by atoms with Crippen molar-refractivity contribution in [1.82, 2.24) is 0 Å². The van der Waals surface area contributed by atoms with Gasteiger partial charge in [-0.1, -0.05) is 78.9 Å². The molecule has 0 saturated heterocycles. The lowest BCUT2D eigenvalue weighted by Crippen LogP contribution is -2.18. The van der Waals surface area contributed by atoms with Crippen molar-refractivity contribution in [2.75, 3.05) is 11.9 Å². The van der Waals surface area contributed by atoms with Crippen molar-refractivity contribution in [2.24, 2.45) is 0 Å². The molecule has 0 bridgehead atoms. The van der Waals surface area contributed by atoms with Gasteiger partial charge in [0, 0.05) is 11.5 Å². The molecule has 1 aliphatic carbocycles. The number of carbonyl (C=O) groups excluding carboxylic acids is 1. The first-order valence-corrected chi connectivity index (χ1v) is 10.7. The fraction of sp³-hybridized carbons (Fsp3) is 0.0714. The summed E-state index contributed by atoms with van der Waals surface area (Å²) < 4.78 is 5.66. The number of aromatic carboxylic acids is 1. The van der Waals surface area contributed by atoms with Crippen LogP contribution < -0.4 is 5.32 Å². The quantitative estimate of drug-likeness (QED) is 0.380. The van der Waals surface area contributed by atoms with Gasteiger partial charge in [-0.25, -0.2) is 9.59 Å². The van der Waals surface area contributed by atoms with Gasteiger partial charge in [0.15, 0.2) is 0 Å². The molecule has 4 aromatic carbocycles. The maximum atomic E-state index is 12.7. The summed E-state index contributed by atoms with van der Waals surface area (Å²) in [5.41, 5.74) is 7.06. The molecule has 5 rings (SSSR count). The van der Waals surface area contributed by atoms with Crippen LogP contribution in [0.25, 0.3) is 22.3 Å². The van der Waals surface area contributed by atoms with E-state index in [-0.39, 0.29) is 18.1 Å². The lowest BCUT2D eigenvalue weighted by molar-refractivity contribution is 0.0697. The summed E-state index contributed by atoms with van der Waals surface area (Å²) >= 11 is 0. The average Bonchev–Trinajstić information content (AvgIpc) is 3.17. The zero-order chi connectivity index (χ0) is 22.8. The van der Waals surface area contributed by atoms with Gasteiger partial charge >= 0.3 is 12.1 Å². The van der Waals surface area contributed by atoms with Gasteiger partial charge in [0.1, 0.15) is 6.61 Å². The Hall–Kier alpha value is -4.38. The first kappa shape index (κ1) is 20.5. The van der Waals surface area contributed by atoms with Crippen LogP contribution in [-0.2, 0) is 4.74 Å². The minimum Gasteiger partial charge on any atom is -0.478 e. The van der Waals surface area contributed by atoms with Gasteiger partial charge < -0.3 is 9.84 Å². The standard InChI is InChI=1S/C28H21NO4/c30-27(31)19-15-13-18(14-16-19)20-7-5-6-12-26(20)29-28(32)33-17-25-23-10-3-1-8-21(23)22-9-2-4-11-24(22)25/h1-16,25H,17H2,(H,29,32)(H,30,31). The van der Waals surface area contributed by atoms with Crippen LogP contribution in [0.3, 0.4) is 0 Å². The number of carbonyl (C=O) groups is 2. The van der Waals surface area contributed by atoms with Gasteiger partial charge in [0.25, 0.3) is 0 Å². The molecule has 0 saturated carbocycles. The average molecular weight is 435 g/mol. The highest BCUT2D eigenvalue weighted by Crippen LogP contribution is 2.44. The molecule has 0 aliphatic heterocycles. The Kier molecular flexibility index (Phi) is 5.37. The van der Waals surface area contributed by atoms with E-state index in [2.05, 4.69) is 29.6 Å². The molecule has 0 aromatic heterocycles. The van der Waals surface area contributed by atoms with Crippen molar-refractivity contribution in [2.45, 2.75) is 5.92 Å². The van der Waals surface area contributed by atoms with E-state index in [1.807, 2.05) is 42.5 Å². The highest BCUT2D eigenvalue weighted by atomic mass is 16.5. The Morgan fingerprint density at radius 1 is 0.727 bits per heavy atom. The highest BCUT2D eigenvalue weighted by molar-refractivity contribution is 5.93. The molecule has 2 N–H and O–H groups in total. The number of hydrogen-bond donors (Lipinski definition) is 2. The molecule has 0 radical (unpaired) electrons. The SMILES string of the molecule is O=C(Nc1ccccc1-c1ccc(C(=O)O)cc1)OCC1c2ccccc2-c2ccccc21. The minimum atomic E-state index is -0.980. The van der Waals surface area contributed by atoms with E-state index in [9.17, 15) is 9.59 Å². The number of benzene rings is 4. The molecule has 5 heteroatoms. The number of amides is 1. The summed E-state index contributed by atoms with van der Waals surface area (Å²) in [5, 5.41) is 12.0. The second kappa shape index (κ2) is 8.63. The first-order chi connectivity index (χ1) is 16.1. The number of rotatable bonds is 5. The number of ether oxygens (including phenoxy) is 1. The molecule has 4 aromatic rings. The number of carboxylic acid groups (broad SMARTS) is 1. The largest absolute Gasteiger partial charge is 0.478 e. The number of para-hydroxylation sites is 1. The van der Waals surface area contributed by atoms with Crippen molar-refractivity contribution in [3.63, 3.8) is 0 Å². The fourth-order valence-electron chi connectivity index (χ4n) is 4.38. The van der Waals surface area contributed by atoms with Crippen LogP contribution in [0.4, 0.5) is 10.5 Å². The number of anilines is 1. The molecule has 1 amide bonds. The van der Waals surface area contributed by atoms with E-state index in [1.165, 1.54) is 11.1 Å². The maximum absolute atomic E-state index is 12.7. The van der Waals surface area contributed by atoms with E-state index in [1.54, 1.807) is 30.3 Å². The minimum absolute atomic E-state index is 0.0121. The van der Waals surface area contributed by atoms with Crippen LogP contribution in [-0.4, -0.2) is 23.8 Å². The number of nitrogens with one attached hydrogen (secondary N) is 1. The third kappa shape index (κ3) is 3.96. The van der Waals surface area contributed by atoms with E-state index in [0.29, 0.717) is 5.69 Å². The summed E-state index contributed by atoms with van der Waals surface area (Å²) in [5.74, 6) is -0.992. The Balaban J connectivity index is 1.32. The Labute approximate surface area is 191 Å². The summed E-state index contributed by atoms with van der Waals surface area (Å²) in [6.45, 7) is 0.231. The van der Waals surface area contributed by atoms with Crippen molar-refractivity contribution in [3.05, 3.63) is 114 Å². The molecule has 0 unspecified atom stereocenters. The smallest absolute Gasteiger partial charge is 0.411 e. The number of hydrogen-bond acceptors (Lipinski definition) is 3. The zero-order valence-corrected chi connectivity index (χ0v) is 17.7. The third-order valence-corrected chi connectivity index (χ3v) is 5.95. The second-order valence-electron chi connectivity index (χ2n) is 7.88. The number of fused-ring (bicyclic) bond motifs is 3. The fourth-order valence-corrected chi connectivity index (χ4v) is 4.38.